The summed E-state index contributed by atoms with van der Waals surface area (Å²) in [6.45, 7) is 0. The van der Waals surface area contributed by atoms with E-state index in [1.54, 1.807) is 0 Å². The van der Waals surface area contributed by atoms with Crippen molar-refractivity contribution >= 4 is 118 Å². The fourth-order valence-electron chi connectivity index (χ4n) is 10.1. The summed E-state index contributed by atoms with van der Waals surface area (Å²) in [4.78, 5) is 0. The maximum atomic E-state index is 2.48. The van der Waals surface area contributed by atoms with Crippen LogP contribution in [-0.2, 0) is 0 Å². The minimum atomic E-state index is 1.25. The van der Waals surface area contributed by atoms with E-state index in [0.29, 0.717) is 0 Å². The van der Waals surface area contributed by atoms with Gasteiger partial charge in [-0.25, -0.2) is 0 Å². The van der Waals surface area contributed by atoms with E-state index in [4.69, 9.17) is 0 Å². The van der Waals surface area contributed by atoms with Gasteiger partial charge in [-0.05, 0) is 127 Å². The molecule has 13 rings (SSSR count). The van der Waals surface area contributed by atoms with Crippen molar-refractivity contribution in [2.45, 2.75) is 0 Å². The monoisotopic (exact) mass is 736 g/mol. The molecule has 0 unspecified atom stereocenters. The highest BCUT2D eigenvalue weighted by Crippen LogP contribution is 2.52. The maximum Gasteiger partial charge on any atom is 0.0446 e. The first kappa shape index (κ1) is 31.2. The van der Waals surface area contributed by atoms with Crippen molar-refractivity contribution in [3.8, 4) is 22.3 Å². The second-order valence-corrected chi connectivity index (χ2v) is 16.6. The van der Waals surface area contributed by atoms with Gasteiger partial charge in [0.2, 0.25) is 0 Å². The first-order chi connectivity index (χ1) is 28.3. The molecule has 13 aromatic rings. The summed E-state index contributed by atoms with van der Waals surface area (Å²) in [5.74, 6) is 0. The van der Waals surface area contributed by atoms with Crippen LogP contribution in [-0.4, -0.2) is 0 Å². The summed E-state index contributed by atoms with van der Waals surface area (Å²) < 4.78 is 2.65. The Hall–Kier alpha value is -7.06. The zero-order valence-electron chi connectivity index (χ0n) is 30.9. The molecule has 1 aromatic heterocycles. The van der Waals surface area contributed by atoms with Crippen LogP contribution in [0.3, 0.4) is 0 Å². The molecule has 0 aliphatic carbocycles. The van der Waals surface area contributed by atoms with Crippen LogP contribution in [0.1, 0.15) is 0 Å². The van der Waals surface area contributed by atoms with Gasteiger partial charge in [0.25, 0.3) is 0 Å². The van der Waals surface area contributed by atoms with Crippen molar-refractivity contribution < 1.29 is 0 Å². The molecule has 0 saturated heterocycles. The second kappa shape index (κ2) is 11.7. The Labute approximate surface area is 332 Å². The molecule has 0 aliphatic heterocycles. The summed E-state index contributed by atoms with van der Waals surface area (Å²) in [7, 11) is 0. The van der Waals surface area contributed by atoms with E-state index in [9.17, 15) is 0 Å². The summed E-state index contributed by atoms with van der Waals surface area (Å²) in [5.41, 5.74) is 5.12. The van der Waals surface area contributed by atoms with Gasteiger partial charge in [0, 0.05) is 25.7 Å². The molecule has 0 bridgehead atoms. The van der Waals surface area contributed by atoms with E-state index in [1.807, 2.05) is 11.3 Å². The van der Waals surface area contributed by atoms with E-state index >= 15 is 0 Å². The normalized spacial score (nSPS) is 12.2. The first-order valence-electron chi connectivity index (χ1n) is 19.8. The number of hydrogen-bond donors (Lipinski definition) is 0. The van der Waals surface area contributed by atoms with Gasteiger partial charge in [-0.15, -0.1) is 11.3 Å². The van der Waals surface area contributed by atoms with Crippen molar-refractivity contribution in [1.29, 1.82) is 0 Å². The standard InChI is InChI=1S/C56H32S/c1-2-14-34-32-52-51(29-33(34)13-1)55-53(35-25-27-45-41-19-5-3-15-37(41)39-17-7-9-21-43(39)49(45)30-35)47-23-11-12-24-48(47)54(56(55)57-52)36-26-28-46-42-20-6-4-16-38(42)40-18-8-10-22-44(40)50(46)31-36/h1-32H. The first-order valence-corrected chi connectivity index (χ1v) is 20.6. The lowest BCUT2D eigenvalue weighted by atomic mass is 9.85. The van der Waals surface area contributed by atoms with Gasteiger partial charge in [-0.1, -0.05) is 170 Å². The Morgan fingerprint density at radius 3 is 1.07 bits per heavy atom. The lowest BCUT2D eigenvalue weighted by Gasteiger charge is -2.18. The van der Waals surface area contributed by atoms with Gasteiger partial charge in [-0.2, -0.15) is 0 Å². The highest BCUT2D eigenvalue weighted by molar-refractivity contribution is 7.26. The van der Waals surface area contributed by atoms with E-state index < -0.39 is 0 Å². The van der Waals surface area contributed by atoms with Gasteiger partial charge < -0.3 is 0 Å². The maximum absolute atomic E-state index is 2.48. The van der Waals surface area contributed by atoms with E-state index in [1.165, 1.54) is 129 Å². The number of hydrogen-bond acceptors (Lipinski definition) is 1. The van der Waals surface area contributed by atoms with Crippen LogP contribution in [0.15, 0.2) is 194 Å². The molecule has 0 radical (unpaired) electrons. The summed E-state index contributed by atoms with van der Waals surface area (Å²) in [6.07, 6.45) is 0. The van der Waals surface area contributed by atoms with Gasteiger partial charge in [0.05, 0.1) is 0 Å². The lowest BCUT2D eigenvalue weighted by Crippen LogP contribution is -1.90. The van der Waals surface area contributed by atoms with Gasteiger partial charge in [0.1, 0.15) is 0 Å². The zero-order chi connectivity index (χ0) is 37.2. The molecule has 0 saturated carbocycles. The zero-order valence-corrected chi connectivity index (χ0v) is 31.7. The quantitative estimate of drug-likeness (QED) is 0.155. The third-order valence-electron chi connectivity index (χ3n) is 12.6. The van der Waals surface area contributed by atoms with Crippen molar-refractivity contribution in [2.24, 2.45) is 0 Å². The minimum Gasteiger partial charge on any atom is -0.134 e. The highest BCUT2D eigenvalue weighted by Gasteiger charge is 2.23. The predicted octanol–water partition coefficient (Wildman–Crippen LogP) is 16.6. The molecule has 0 atom stereocenters. The number of benzene rings is 12. The smallest absolute Gasteiger partial charge is 0.0446 e. The third-order valence-corrected chi connectivity index (χ3v) is 13.7. The van der Waals surface area contributed by atoms with Crippen LogP contribution in [0.5, 0.6) is 0 Å². The fraction of sp³-hybridized carbons (Fsp3) is 0. The van der Waals surface area contributed by atoms with Crippen LogP contribution in [0.25, 0.3) is 129 Å². The Morgan fingerprint density at radius 2 is 0.596 bits per heavy atom. The van der Waals surface area contributed by atoms with Crippen molar-refractivity contribution in [3.63, 3.8) is 0 Å². The highest BCUT2D eigenvalue weighted by atomic mass is 32.1. The SMILES string of the molecule is c1ccc2cc3c(cc2c1)sc1c(-c2ccc4c5ccccc5c5ccccc5c4c2)c2ccccc2c(-c2ccc4c5ccccc5c5ccccc5c4c2)c13. The molecular weight excluding hydrogens is 705 g/mol. The van der Waals surface area contributed by atoms with E-state index in [2.05, 4.69) is 194 Å². The molecule has 0 N–H and O–H groups in total. The number of thiophene rings is 1. The molecule has 1 heteroatoms. The van der Waals surface area contributed by atoms with Crippen LogP contribution in [0.4, 0.5) is 0 Å². The Kier molecular flexibility index (Phi) is 6.41. The van der Waals surface area contributed by atoms with Gasteiger partial charge >= 0.3 is 0 Å². The average Bonchev–Trinajstić information content (AvgIpc) is 3.64. The number of rotatable bonds is 2. The van der Waals surface area contributed by atoms with Gasteiger partial charge in [0.15, 0.2) is 0 Å². The van der Waals surface area contributed by atoms with Crippen LogP contribution < -0.4 is 0 Å². The van der Waals surface area contributed by atoms with Crippen molar-refractivity contribution in [3.05, 3.63) is 194 Å². The van der Waals surface area contributed by atoms with Crippen LogP contribution in [0.2, 0.25) is 0 Å². The molecule has 57 heavy (non-hydrogen) atoms. The van der Waals surface area contributed by atoms with E-state index in [-0.39, 0.29) is 0 Å². The Bertz CT molecular complexity index is 3790. The number of fused-ring (bicyclic) bond motifs is 17. The van der Waals surface area contributed by atoms with Crippen LogP contribution >= 0.6 is 11.3 Å². The Morgan fingerprint density at radius 1 is 0.246 bits per heavy atom. The largest absolute Gasteiger partial charge is 0.134 e. The molecule has 0 aliphatic rings. The van der Waals surface area contributed by atoms with Crippen molar-refractivity contribution in [2.75, 3.05) is 0 Å². The average molecular weight is 737 g/mol. The second-order valence-electron chi connectivity index (χ2n) is 15.5. The molecule has 12 aromatic carbocycles. The Balaban J connectivity index is 1.19. The molecule has 262 valence electrons. The predicted molar refractivity (Wildman–Crippen MR) is 250 cm³/mol. The van der Waals surface area contributed by atoms with E-state index in [0.717, 1.165) is 0 Å². The minimum absolute atomic E-state index is 1.25. The lowest BCUT2D eigenvalue weighted by molar-refractivity contribution is 1.72. The molecular formula is C56H32S. The third kappa shape index (κ3) is 4.38. The molecule has 0 spiro atoms. The summed E-state index contributed by atoms with van der Waals surface area (Å²) in [6, 6.07) is 72.8. The fourth-order valence-corrected chi connectivity index (χ4v) is 11.4. The molecule has 0 nitrogen and oxygen atoms in total. The van der Waals surface area contributed by atoms with Crippen LogP contribution in [0, 0.1) is 0 Å². The molecule has 0 fully saturated rings. The van der Waals surface area contributed by atoms with Crippen molar-refractivity contribution in [1.82, 2.24) is 0 Å². The summed E-state index contributed by atoms with van der Waals surface area (Å²) in [5, 5.41) is 23.3. The molecule has 0 amide bonds. The summed E-state index contributed by atoms with van der Waals surface area (Å²) >= 11 is 1.94. The van der Waals surface area contributed by atoms with Gasteiger partial charge in [-0.3, -0.25) is 0 Å². The molecule has 1 heterocycles. The topological polar surface area (TPSA) is 0 Å².